The highest BCUT2D eigenvalue weighted by atomic mass is 35.5. The summed E-state index contributed by atoms with van der Waals surface area (Å²) in [6.45, 7) is 5.08. The molecule has 0 atom stereocenters. The van der Waals surface area contributed by atoms with Gasteiger partial charge in [0.05, 0.1) is 18.0 Å². The van der Waals surface area contributed by atoms with E-state index in [9.17, 15) is 8.42 Å². The van der Waals surface area contributed by atoms with Crippen LogP contribution in [0.1, 0.15) is 25.0 Å². The van der Waals surface area contributed by atoms with E-state index in [0.717, 1.165) is 11.1 Å². The van der Waals surface area contributed by atoms with Crippen molar-refractivity contribution in [3.63, 3.8) is 0 Å². The number of ether oxygens (including phenoxy) is 1. The van der Waals surface area contributed by atoms with Gasteiger partial charge >= 0.3 is 0 Å². The summed E-state index contributed by atoms with van der Waals surface area (Å²) in [5.41, 5.74) is 1.34. The molecule has 4 nitrogen and oxygen atoms in total. The highest BCUT2D eigenvalue weighted by Gasteiger charge is 2.33. The Kier molecular flexibility index (Phi) is 4.74. The summed E-state index contributed by atoms with van der Waals surface area (Å²) in [7, 11) is -3.31. The molecule has 6 heteroatoms. The molecule has 1 aliphatic rings. The standard InChI is InChI=1S/C14H20ClNO3S/c1-14(2)11-16(7-8-19-14)20(17,18)10-13-5-3-12(9-15)4-6-13/h3-6H,7-11H2,1-2H3. The predicted octanol–water partition coefficient (Wildman–Crippen LogP) is 2.37. The monoisotopic (exact) mass is 317 g/mol. The third kappa shape index (κ3) is 3.95. The zero-order chi connectivity index (χ0) is 14.8. The molecule has 0 N–H and O–H groups in total. The highest BCUT2D eigenvalue weighted by molar-refractivity contribution is 7.88. The number of rotatable bonds is 4. The van der Waals surface area contributed by atoms with E-state index in [-0.39, 0.29) is 5.75 Å². The van der Waals surface area contributed by atoms with Gasteiger partial charge in [-0.25, -0.2) is 8.42 Å². The quantitative estimate of drug-likeness (QED) is 0.801. The van der Waals surface area contributed by atoms with E-state index in [1.807, 2.05) is 38.1 Å². The molecule has 1 aromatic rings. The molecule has 0 unspecified atom stereocenters. The van der Waals surface area contributed by atoms with Gasteiger partial charge < -0.3 is 4.74 Å². The third-order valence-corrected chi connectivity index (χ3v) is 5.42. The summed E-state index contributed by atoms with van der Waals surface area (Å²) in [6, 6.07) is 7.36. The summed E-state index contributed by atoms with van der Waals surface area (Å²) in [5, 5.41) is 0. The number of alkyl halides is 1. The fraction of sp³-hybridized carbons (Fsp3) is 0.571. The number of hydrogen-bond acceptors (Lipinski definition) is 3. The Hall–Kier alpha value is -0.620. The SMILES string of the molecule is CC1(C)CN(S(=O)(=O)Cc2ccc(CCl)cc2)CCO1. The molecular weight excluding hydrogens is 298 g/mol. The van der Waals surface area contributed by atoms with Crippen LogP contribution in [0.25, 0.3) is 0 Å². The van der Waals surface area contributed by atoms with Crippen LogP contribution in [0, 0.1) is 0 Å². The van der Waals surface area contributed by atoms with Crippen molar-refractivity contribution in [3.8, 4) is 0 Å². The number of hydrogen-bond donors (Lipinski definition) is 0. The fourth-order valence-corrected chi connectivity index (χ4v) is 4.07. The number of benzene rings is 1. The van der Waals surface area contributed by atoms with Crippen LogP contribution < -0.4 is 0 Å². The minimum absolute atomic E-state index is 0.0195. The maximum absolute atomic E-state index is 12.4. The van der Waals surface area contributed by atoms with Crippen LogP contribution >= 0.6 is 11.6 Å². The lowest BCUT2D eigenvalue weighted by Crippen LogP contribution is -2.50. The Bertz CT molecular complexity index is 554. The van der Waals surface area contributed by atoms with E-state index >= 15 is 0 Å². The van der Waals surface area contributed by atoms with Gasteiger partial charge in [-0.05, 0) is 25.0 Å². The van der Waals surface area contributed by atoms with Gasteiger partial charge in [-0.1, -0.05) is 24.3 Å². The van der Waals surface area contributed by atoms with E-state index in [1.165, 1.54) is 4.31 Å². The predicted molar refractivity (Wildman–Crippen MR) is 80.2 cm³/mol. The largest absolute Gasteiger partial charge is 0.373 e. The van der Waals surface area contributed by atoms with Crippen molar-refractivity contribution in [1.29, 1.82) is 0 Å². The van der Waals surface area contributed by atoms with Gasteiger partial charge in [0.2, 0.25) is 10.0 Å². The zero-order valence-corrected chi connectivity index (χ0v) is 13.4. The van der Waals surface area contributed by atoms with E-state index in [4.69, 9.17) is 16.3 Å². The molecule has 1 saturated heterocycles. The topological polar surface area (TPSA) is 46.6 Å². The molecule has 0 amide bonds. The summed E-state index contributed by atoms with van der Waals surface area (Å²) >= 11 is 5.73. The van der Waals surface area contributed by atoms with Crippen molar-refractivity contribution in [2.75, 3.05) is 19.7 Å². The van der Waals surface area contributed by atoms with Crippen LogP contribution in [0.2, 0.25) is 0 Å². The van der Waals surface area contributed by atoms with Gasteiger partial charge in [0.15, 0.2) is 0 Å². The highest BCUT2D eigenvalue weighted by Crippen LogP contribution is 2.21. The van der Waals surface area contributed by atoms with E-state index in [1.54, 1.807) is 0 Å². The molecule has 0 saturated carbocycles. The number of sulfonamides is 1. The molecule has 1 aliphatic heterocycles. The molecule has 1 aromatic carbocycles. The van der Waals surface area contributed by atoms with Gasteiger partial charge in [0, 0.05) is 19.0 Å². The molecule has 0 bridgehead atoms. The van der Waals surface area contributed by atoms with Crippen LogP contribution in [-0.4, -0.2) is 38.0 Å². The molecule has 0 aliphatic carbocycles. The van der Waals surface area contributed by atoms with Gasteiger partial charge in [0.25, 0.3) is 0 Å². The lowest BCUT2D eigenvalue weighted by atomic mass is 10.1. The molecule has 0 spiro atoms. The molecule has 1 heterocycles. The lowest BCUT2D eigenvalue weighted by molar-refractivity contribution is -0.0640. The Morgan fingerprint density at radius 1 is 1.25 bits per heavy atom. The van der Waals surface area contributed by atoms with Gasteiger partial charge in [-0.3, -0.25) is 0 Å². The summed E-state index contributed by atoms with van der Waals surface area (Å²) in [6.07, 6.45) is 0. The van der Waals surface area contributed by atoms with Crippen molar-refractivity contribution >= 4 is 21.6 Å². The first-order chi connectivity index (χ1) is 9.32. The van der Waals surface area contributed by atoms with Crippen molar-refractivity contribution < 1.29 is 13.2 Å². The number of nitrogens with zero attached hydrogens (tertiary/aromatic N) is 1. The Balaban J connectivity index is 2.10. The van der Waals surface area contributed by atoms with Crippen LogP contribution in [0.5, 0.6) is 0 Å². The molecule has 0 aromatic heterocycles. The summed E-state index contributed by atoms with van der Waals surface area (Å²) in [4.78, 5) is 0. The Morgan fingerprint density at radius 2 is 1.85 bits per heavy atom. The van der Waals surface area contributed by atoms with Gasteiger partial charge in [0.1, 0.15) is 0 Å². The zero-order valence-electron chi connectivity index (χ0n) is 11.8. The smallest absolute Gasteiger partial charge is 0.218 e. The van der Waals surface area contributed by atoms with Crippen molar-refractivity contribution in [2.45, 2.75) is 31.1 Å². The first kappa shape index (κ1) is 15.8. The maximum atomic E-state index is 12.4. The van der Waals surface area contributed by atoms with E-state index in [0.29, 0.717) is 25.6 Å². The summed E-state index contributed by atoms with van der Waals surface area (Å²) < 4.78 is 32.0. The normalized spacial score (nSPS) is 19.9. The first-order valence-electron chi connectivity index (χ1n) is 6.58. The van der Waals surface area contributed by atoms with Gasteiger partial charge in [-0.15, -0.1) is 11.6 Å². The van der Waals surface area contributed by atoms with Crippen molar-refractivity contribution in [1.82, 2.24) is 4.31 Å². The fourth-order valence-electron chi connectivity index (χ4n) is 2.24. The van der Waals surface area contributed by atoms with E-state index in [2.05, 4.69) is 0 Å². The van der Waals surface area contributed by atoms with Crippen LogP contribution in [0.4, 0.5) is 0 Å². The second kappa shape index (κ2) is 6.02. The molecule has 20 heavy (non-hydrogen) atoms. The lowest BCUT2D eigenvalue weighted by Gasteiger charge is -2.37. The van der Waals surface area contributed by atoms with E-state index < -0.39 is 15.6 Å². The number of morpholine rings is 1. The molecule has 112 valence electrons. The minimum atomic E-state index is -3.31. The minimum Gasteiger partial charge on any atom is -0.373 e. The average Bonchev–Trinajstić information content (AvgIpc) is 2.38. The second-order valence-electron chi connectivity index (χ2n) is 5.65. The van der Waals surface area contributed by atoms with Crippen LogP contribution in [0.15, 0.2) is 24.3 Å². The Labute approximate surface area is 125 Å². The molecule has 1 fully saturated rings. The first-order valence-corrected chi connectivity index (χ1v) is 8.72. The van der Waals surface area contributed by atoms with Crippen LogP contribution in [0.3, 0.4) is 0 Å². The number of halogens is 1. The van der Waals surface area contributed by atoms with Gasteiger partial charge in [-0.2, -0.15) is 4.31 Å². The average molecular weight is 318 g/mol. The Morgan fingerprint density at radius 3 is 2.40 bits per heavy atom. The molecule has 2 rings (SSSR count). The second-order valence-corrected chi connectivity index (χ2v) is 7.88. The van der Waals surface area contributed by atoms with Crippen molar-refractivity contribution in [3.05, 3.63) is 35.4 Å². The van der Waals surface area contributed by atoms with Crippen molar-refractivity contribution in [2.24, 2.45) is 0 Å². The molecular formula is C14H20ClNO3S. The maximum Gasteiger partial charge on any atom is 0.218 e. The summed E-state index contributed by atoms with van der Waals surface area (Å²) in [5.74, 6) is 0.455. The molecule has 0 radical (unpaired) electrons. The third-order valence-electron chi connectivity index (χ3n) is 3.31. The van der Waals surface area contributed by atoms with Crippen LogP contribution in [-0.2, 0) is 26.4 Å².